The van der Waals surface area contributed by atoms with Crippen LogP contribution in [0.15, 0.2) is 58.4 Å². The molecular weight excluding hydrogens is 422 g/mol. The van der Waals surface area contributed by atoms with Crippen molar-refractivity contribution in [2.75, 3.05) is 13.6 Å². The number of aromatic nitrogens is 4. The van der Waals surface area contributed by atoms with Gasteiger partial charge in [-0.05, 0) is 36.8 Å². The van der Waals surface area contributed by atoms with Crippen molar-refractivity contribution in [3.63, 3.8) is 0 Å². The Morgan fingerprint density at radius 3 is 2.78 bits per heavy atom. The number of rotatable bonds is 11. The number of hydrogen-bond donors (Lipinski definition) is 1. The summed E-state index contributed by atoms with van der Waals surface area (Å²) < 4.78 is 5.27. The van der Waals surface area contributed by atoms with Gasteiger partial charge in [0.15, 0.2) is 0 Å². The Morgan fingerprint density at radius 1 is 1.09 bits per heavy atom. The smallest absolute Gasteiger partial charge is 0.227 e. The maximum atomic E-state index is 12.4. The molecule has 0 saturated carbocycles. The number of unbranched alkanes of at least 4 members (excludes halogenated alkanes) is 2. The molecule has 0 aliphatic carbocycles. The van der Waals surface area contributed by atoms with Gasteiger partial charge in [-0.1, -0.05) is 48.0 Å². The second kappa shape index (κ2) is 10.9. The van der Waals surface area contributed by atoms with Crippen molar-refractivity contribution in [3.05, 3.63) is 65.5 Å². The van der Waals surface area contributed by atoms with E-state index < -0.39 is 0 Å². The fourth-order valence-corrected chi connectivity index (χ4v) is 4.13. The van der Waals surface area contributed by atoms with Crippen LogP contribution in [0.4, 0.5) is 0 Å². The number of carbonyl (C=O) groups excluding carboxylic acids is 1. The molecule has 3 aromatic heterocycles. The topological polar surface area (TPSA) is 87.9 Å². The molecule has 0 saturated heterocycles. The monoisotopic (exact) mass is 449 g/mol. The van der Waals surface area contributed by atoms with Gasteiger partial charge in [-0.3, -0.25) is 9.89 Å². The summed E-state index contributed by atoms with van der Waals surface area (Å²) >= 11 is 1.56. The van der Waals surface area contributed by atoms with Gasteiger partial charge in [0.05, 0.1) is 10.6 Å². The van der Waals surface area contributed by atoms with Gasteiger partial charge in [-0.15, -0.1) is 11.3 Å². The van der Waals surface area contributed by atoms with Crippen LogP contribution in [-0.4, -0.2) is 44.7 Å². The van der Waals surface area contributed by atoms with Crippen LogP contribution in [0.1, 0.15) is 37.3 Å². The van der Waals surface area contributed by atoms with Gasteiger partial charge >= 0.3 is 0 Å². The molecule has 1 N–H and O–H groups in total. The molecule has 7 nitrogen and oxygen atoms in total. The molecule has 0 radical (unpaired) electrons. The molecule has 4 aromatic rings. The Bertz CT molecular complexity index is 1100. The number of H-pyrrole nitrogens is 1. The highest BCUT2D eigenvalue weighted by molar-refractivity contribution is 7.13. The maximum Gasteiger partial charge on any atom is 0.227 e. The minimum Gasteiger partial charge on any atom is -0.346 e. The molecule has 0 spiro atoms. The van der Waals surface area contributed by atoms with E-state index in [1.165, 1.54) is 0 Å². The molecule has 166 valence electrons. The number of nitrogens with zero attached hydrogens (tertiary/aromatic N) is 4. The predicted molar refractivity (Wildman–Crippen MR) is 125 cm³/mol. The maximum absolute atomic E-state index is 12.4. The first-order chi connectivity index (χ1) is 15.7. The molecular formula is C24H27N5O2S. The highest BCUT2D eigenvalue weighted by Gasteiger charge is 2.13. The Kier molecular flexibility index (Phi) is 7.45. The van der Waals surface area contributed by atoms with Crippen LogP contribution in [-0.2, 0) is 17.6 Å². The Balaban J connectivity index is 1.12. The quantitative estimate of drug-likeness (QED) is 0.326. The normalized spacial score (nSPS) is 11.0. The van der Waals surface area contributed by atoms with Gasteiger partial charge in [0.2, 0.25) is 17.6 Å². The molecule has 3 heterocycles. The third-order valence-electron chi connectivity index (χ3n) is 5.33. The van der Waals surface area contributed by atoms with E-state index in [0.717, 1.165) is 54.1 Å². The van der Waals surface area contributed by atoms with E-state index in [4.69, 9.17) is 4.52 Å². The molecule has 1 aromatic carbocycles. The van der Waals surface area contributed by atoms with Gasteiger partial charge in [-0.25, -0.2) is 0 Å². The summed E-state index contributed by atoms with van der Waals surface area (Å²) in [5.74, 6) is 1.19. The van der Waals surface area contributed by atoms with E-state index in [9.17, 15) is 4.79 Å². The number of amides is 1. The Labute approximate surface area is 191 Å². The zero-order valence-electron chi connectivity index (χ0n) is 18.2. The van der Waals surface area contributed by atoms with E-state index in [-0.39, 0.29) is 5.91 Å². The van der Waals surface area contributed by atoms with Gasteiger partial charge < -0.3 is 9.42 Å². The molecule has 0 aliphatic heterocycles. The van der Waals surface area contributed by atoms with Crippen molar-refractivity contribution in [2.45, 2.75) is 38.5 Å². The minimum atomic E-state index is 0.0990. The fraction of sp³-hybridized carbons (Fsp3) is 0.333. The van der Waals surface area contributed by atoms with Crippen molar-refractivity contribution >= 4 is 17.2 Å². The van der Waals surface area contributed by atoms with Crippen LogP contribution in [0, 0.1) is 0 Å². The second-order valence-electron chi connectivity index (χ2n) is 7.76. The van der Waals surface area contributed by atoms with Crippen LogP contribution in [0.25, 0.3) is 22.0 Å². The number of aryl methyl sites for hydroxylation is 2. The molecule has 0 atom stereocenters. The Morgan fingerprint density at radius 2 is 1.97 bits per heavy atom. The summed E-state index contributed by atoms with van der Waals surface area (Å²) in [4.78, 5) is 19.5. The van der Waals surface area contributed by atoms with Crippen molar-refractivity contribution in [2.24, 2.45) is 0 Å². The summed E-state index contributed by atoms with van der Waals surface area (Å²) in [6.07, 6.45) is 4.90. The first-order valence-corrected chi connectivity index (χ1v) is 11.8. The van der Waals surface area contributed by atoms with Gasteiger partial charge in [-0.2, -0.15) is 10.1 Å². The summed E-state index contributed by atoms with van der Waals surface area (Å²) in [6, 6.07) is 16.2. The van der Waals surface area contributed by atoms with Crippen molar-refractivity contribution in [1.82, 2.24) is 25.2 Å². The van der Waals surface area contributed by atoms with E-state index in [1.807, 2.05) is 42.8 Å². The largest absolute Gasteiger partial charge is 0.346 e. The summed E-state index contributed by atoms with van der Waals surface area (Å²) in [5.41, 5.74) is 3.25. The highest BCUT2D eigenvalue weighted by Crippen LogP contribution is 2.21. The fourth-order valence-electron chi connectivity index (χ4n) is 3.48. The standard InChI is InChI=1S/C24H27N5O2S/c1-29(23(30)14-13-22-25-24(28-31-22)21-12-8-16-32-21)15-7-3-6-11-19-17-20(27-26-19)18-9-4-2-5-10-18/h2,4-5,8-10,12,16-17H,3,6-7,11,13-15H2,1H3,(H,26,27). The van der Waals surface area contributed by atoms with Crippen LogP contribution in [0.2, 0.25) is 0 Å². The van der Waals surface area contributed by atoms with Crippen LogP contribution in [0.3, 0.4) is 0 Å². The summed E-state index contributed by atoms with van der Waals surface area (Å²) in [5, 5.41) is 13.5. The molecule has 32 heavy (non-hydrogen) atoms. The van der Waals surface area contributed by atoms with Crippen molar-refractivity contribution < 1.29 is 9.32 Å². The van der Waals surface area contributed by atoms with Crippen LogP contribution >= 0.6 is 11.3 Å². The number of benzene rings is 1. The average molecular weight is 450 g/mol. The minimum absolute atomic E-state index is 0.0990. The van der Waals surface area contributed by atoms with Gasteiger partial charge in [0.1, 0.15) is 0 Å². The number of hydrogen-bond acceptors (Lipinski definition) is 6. The highest BCUT2D eigenvalue weighted by atomic mass is 32.1. The predicted octanol–water partition coefficient (Wildman–Crippen LogP) is 4.99. The SMILES string of the molecule is CN(CCCCCc1cc(-c2ccccc2)n[nH]1)C(=O)CCc1nc(-c2cccs2)no1. The van der Waals surface area contributed by atoms with E-state index in [1.54, 1.807) is 16.2 Å². The summed E-state index contributed by atoms with van der Waals surface area (Å²) in [6.45, 7) is 0.751. The molecule has 0 fully saturated rings. The molecule has 0 aliphatic rings. The van der Waals surface area contributed by atoms with Gasteiger partial charge in [0.25, 0.3) is 0 Å². The number of carbonyl (C=O) groups is 1. The van der Waals surface area contributed by atoms with E-state index in [0.29, 0.717) is 24.6 Å². The number of thiophene rings is 1. The molecule has 1 amide bonds. The van der Waals surface area contributed by atoms with E-state index in [2.05, 4.69) is 38.5 Å². The first-order valence-electron chi connectivity index (χ1n) is 10.9. The third kappa shape index (κ3) is 5.91. The van der Waals surface area contributed by atoms with Crippen molar-refractivity contribution in [1.29, 1.82) is 0 Å². The second-order valence-corrected chi connectivity index (χ2v) is 8.71. The number of nitrogens with one attached hydrogen (secondary N) is 1. The van der Waals surface area contributed by atoms with Crippen LogP contribution in [0.5, 0.6) is 0 Å². The first kappa shape index (κ1) is 22.0. The van der Waals surface area contributed by atoms with Crippen LogP contribution < -0.4 is 0 Å². The third-order valence-corrected chi connectivity index (χ3v) is 6.19. The zero-order chi connectivity index (χ0) is 22.2. The Hall–Kier alpha value is -3.26. The molecule has 8 heteroatoms. The zero-order valence-corrected chi connectivity index (χ0v) is 19.0. The van der Waals surface area contributed by atoms with Crippen molar-refractivity contribution in [3.8, 4) is 22.0 Å². The lowest BCUT2D eigenvalue weighted by Gasteiger charge is -2.16. The molecule has 0 bridgehead atoms. The van der Waals surface area contributed by atoms with E-state index >= 15 is 0 Å². The molecule has 0 unspecified atom stereocenters. The average Bonchev–Trinajstić information content (AvgIpc) is 3.59. The lowest BCUT2D eigenvalue weighted by Crippen LogP contribution is -2.27. The molecule has 4 rings (SSSR count). The lowest BCUT2D eigenvalue weighted by molar-refractivity contribution is -0.130. The summed E-state index contributed by atoms with van der Waals surface area (Å²) in [7, 11) is 1.86. The van der Waals surface area contributed by atoms with Gasteiger partial charge in [0, 0.05) is 37.7 Å². The number of aromatic amines is 1. The lowest BCUT2D eigenvalue weighted by atomic mass is 10.1.